The maximum absolute atomic E-state index is 9.28. The van der Waals surface area contributed by atoms with E-state index in [4.69, 9.17) is 13.9 Å². The van der Waals surface area contributed by atoms with Crippen molar-refractivity contribution in [2.75, 3.05) is 19.5 Å². The molecule has 1 N–H and O–H groups in total. The summed E-state index contributed by atoms with van der Waals surface area (Å²) in [7, 11) is 3.18. The molecule has 0 amide bonds. The quantitative estimate of drug-likeness (QED) is 0.737. The van der Waals surface area contributed by atoms with Crippen LogP contribution in [0.3, 0.4) is 0 Å². The van der Waals surface area contributed by atoms with Crippen molar-refractivity contribution >= 4 is 5.88 Å². The number of hydrogen-bond acceptors (Lipinski definition) is 6. The number of oxazole rings is 1. The van der Waals surface area contributed by atoms with E-state index in [1.807, 2.05) is 48.5 Å². The summed E-state index contributed by atoms with van der Waals surface area (Å²) in [5.74, 6) is 2.06. The van der Waals surface area contributed by atoms with Crippen LogP contribution in [0.15, 0.2) is 52.9 Å². The third-order valence-electron chi connectivity index (χ3n) is 3.65. The monoisotopic (exact) mass is 335 g/mol. The Morgan fingerprint density at radius 1 is 1.08 bits per heavy atom. The van der Waals surface area contributed by atoms with Gasteiger partial charge in [-0.15, -0.1) is 0 Å². The van der Waals surface area contributed by atoms with Gasteiger partial charge in [-0.25, -0.2) is 0 Å². The van der Waals surface area contributed by atoms with Gasteiger partial charge in [0.15, 0.2) is 11.5 Å². The number of anilines is 1. The average Bonchev–Trinajstić information content (AvgIpc) is 3.10. The Labute approximate surface area is 145 Å². The highest BCUT2D eigenvalue weighted by molar-refractivity contribution is 5.58. The Morgan fingerprint density at radius 3 is 2.52 bits per heavy atom. The summed E-state index contributed by atoms with van der Waals surface area (Å²) in [5, 5.41) is 12.4. The van der Waals surface area contributed by atoms with E-state index in [9.17, 15) is 5.26 Å². The molecule has 0 radical (unpaired) electrons. The van der Waals surface area contributed by atoms with E-state index < -0.39 is 0 Å². The van der Waals surface area contributed by atoms with Gasteiger partial charge in [-0.3, -0.25) is 0 Å². The summed E-state index contributed by atoms with van der Waals surface area (Å²) in [6.45, 7) is 0.457. The van der Waals surface area contributed by atoms with Gasteiger partial charge >= 0.3 is 0 Å². The molecule has 6 nitrogen and oxygen atoms in total. The molecule has 0 saturated carbocycles. The second-order valence-electron chi connectivity index (χ2n) is 5.22. The van der Waals surface area contributed by atoms with Gasteiger partial charge in [0.25, 0.3) is 0 Å². The Kier molecular flexibility index (Phi) is 4.86. The standard InChI is InChI=1S/C19H17N3O3/c1-23-16-9-8-13(10-17(16)24-2)12-21-19-15(11-20)22-18(25-19)14-6-4-3-5-7-14/h3-10,21H,12H2,1-2H3. The molecule has 0 aliphatic heterocycles. The molecule has 0 atom stereocenters. The second kappa shape index (κ2) is 7.41. The summed E-state index contributed by atoms with van der Waals surface area (Å²) >= 11 is 0. The Bertz CT molecular complexity index is 898. The van der Waals surface area contributed by atoms with Gasteiger partial charge in [-0.1, -0.05) is 24.3 Å². The van der Waals surface area contributed by atoms with E-state index in [0.717, 1.165) is 11.1 Å². The minimum atomic E-state index is 0.222. The summed E-state index contributed by atoms with van der Waals surface area (Å²) in [5.41, 5.74) is 2.00. The lowest BCUT2D eigenvalue weighted by Crippen LogP contribution is -2.01. The molecule has 0 spiro atoms. The van der Waals surface area contributed by atoms with Crippen LogP contribution in [0, 0.1) is 11.3 Å². The van der Waals surface area contributed by atoms with Crippen LogP contribution in [-0.4, -0.2) is 19.2 Å². The zero-order valence-corrected chi connectivity index (χ0v) is 13.9. The fourth-order valence-corrected chi connectivity index (χ4v) is 2.39. The number of rotatable bonds is 6. The number of hydrogen-bond donors (Lipinski definition) is 1. The summed E-state index contributed by atoms with van der Waals surface area (Å²) in [4.78, 5) is 4.24. The maximum Gasteiger partial charge on any atom is 0.232 e. The highest BCUT2D eigenvalue weighted by Crippen LogP contribution is 2.29. The van der Waals surface area contributed by atoms with E-state index >= 15 is 0 Å². The smallest absolute Gasteiger partial charge is 0.232 e. The molecule has 1 aromatic heterocycles. The summed E-state index contributed by atoms with van der Waals surface area (Å²) < 4.78 is 16.2. The Hall–Kier alpha value is -3.46. The van der Waals surface area contributed by atoms with E-state index in [2.05, 4.69) is 16.4 Å². The molecule has 1 heterocycles. The van der Waals surface area contributed by atoms with Gasteiger partial charge in [-0.05, 0) is 29.8 Å². The van der Waals surface area contributed by atoms with Crippen LogP contribution >= 0.6 is 0 Å². The third-order valence-corrected chi connectivity index (χ3v) is 3.65. The fourth-order valence-electron chi connectivity index (χ4n) is 2.39. The lowest BCUT2D eigenvalue weighted by molar-refractivity contribution is 0.354. The molecule has 2 aromatic carbocycles. The van der Waals surface area contributed by atoms with Gasteiger partial charge in [0.2, 0.25) is 17.5 Å². The molecule has 3 aromatic rings. The van der Waals surface area contributed by atoms with Gasteiger partial charge in [-0.2, -0.15) is 10.2 Å². The highest BCUT2D eigenvalue weighted by Gasteiger charge is 2.14. The molecule has 0 unspecified atom stereocenters. The number of nitrogens with zero attached hydrogens (tertiary/aromatic N) is 2. The van der Waals surface area contributed by atoms with Gasteiger partial charge in [0, 0.05) is 12.1 Å². The van der Waals surface area contributed by atoms with Crippen molar-refractivity contribution in [3.05, 3.63) is 59.8 Å². The highest BCUT2D eigenvalue weighted by atomic mass is 16.5. The summed E-state index contributed by atoms with van der Waals surface area (Å²) in [6.07, 6.45) is 0. The van der Waals surface area contributed by atoms with Crippen molar-refractivity contribution in [1.82, 2.24) is 4.98 Å². The first kappa shape index (κ1) is 16.4. The molecule has 6 heteroatoms. The van der Waals surface area contributed by atoms with Crippen molar-refractivity contribution in [3.63, 3.8) is 0 Å². The topological polar surface area (TPSA) is 80.3 Å². The van der Waals surface area contributed by atoms with Crippen LogP contribution in [0.2, 0.25) is 0 Å². The van der Waals surface area contributed by atoms with E-state index in [0.29, 0.717) is 29.8 Å². The average molecular weight is 335 g/mol. The van der Waals surface area contributed by atoms with Crippen LogP contribution in [0.25, 0.3) is 11.5 Å². The van der Waals surface area contributed by atoms with Crippen molar-refractivity contribution < 1.29 is 13.9 Å². The van der Waals surface area contributed by atoms with Gasteiger partial charge in [0.05, 0.1) is 14.2 Å². The molecule has 0 fully saturated rings. The van der Waals surface area contributed by atoms with Crippen molar-refractivity contribution in [2.24, 2.45) is 0 Å². The van der Waals surface area contributed by atoms with Crippen LogP contribution in [0.1, 0.15) is 11.3 Å². The van der Waals surface area contributed by atoms with Gasteiger partial charge < -0.3 is 19.2 Å². The first-order valence-electron chi connectivity index (χ1n) is 7.66. The van der Waals surface area contributed by atoms with Gasteiger partial charge in [0.1, 0.15) is 6.07 Å². The van der Waals surface area contributed by atoms with Crippen LogP contribution in [0.5, 0.6) is 11.5 Å². The van der Waals surface area contributed by atoms with E-state index in [-0.39, 0.29) is 5.69 Å². The first-order valence-corrected chi connectivity index (χ1v) is 7.66. The largest absolute Gasteiger partial charge is 0.493 e. The minimum absolute atomic E-state index is 0.222. The number of methoxy groups -OCH3 is 2. The predicted molar refractivity (Wildman–Crippen MR) is 93.5 cm³/mol. The summed E-state index contributed by atoms with van der Waals surface area (Å²) in [6, 6.07) is 17.1. The molecule has 0 aliphatic rings. The number of aromatic nitrogens is 1. The third kappa shape index (κ3) is 3.56. The molecule has 126 valence electrons. The second-order valence-corrected chi connectivity index (χ2v) is 5.22. The number of nitriles is 1. The van der Waals surface area contributed by atoms with E-state index in [1.54, 1.807) is 14.2 Å². The van der Waals surface area contributed by atoms with Crippen molar-refractivity contribution in [1.29, 1.82) is 5.26 Å². The van der Waals surface area contributed by atoms with Crippen LogP contribution < -0.4 is 14.8 Å². The minimum Gasteiger partial charge on any atom is -0.493 e. The lowest BCUT2D eigenvalue weighted by Gasteiger charge is -2.10. The normalized spacial score (nSPS) is 10.1. The fraction of sp³-hybridized carbons (Fsp3) is 0.158. The zero-order chi connectivity index (χ0) is 17.6. The van der Waals surface area contributed by atoms with E-state index in [1.165, 1.54) is 0 Å². The number of ether oxygens (including phenoxy) is 2. The number of nitrogens with one attached hydrogen (secondary N) is 1. The maximum atomic E-state index is 9.28. The zero-order valence-electron chi connectivity index (χ0n) is 13.9. The Balaban J connectivity index is 1.80. The molecule has 0 saturated heterocycles. The number of benzene rings is 2. The van der Waals surface area contributed by atoms with Crippen molar-refractivity contribution in [2.45, 2.75) is 6.54 Å². The van der Waals surface area contributed by atoms with Crippen molar-refractivity contribution in [3.8, 4) is 29.0 Å². The van der Waals surface area contributed by atoms with Crippen LogP contribution in [-0.2, 0) is 6.54 Å². The molecular weight excluding hydrogens is 318 g/mol. The lowest BCUT2D eigenvalue weighted by atomic mass is 10.2. The predicted octanol–water partition coefficient (Wildman–Crippen LogP) is 3.84. The molecule has 3 rings (SSSR count). The van der Waals surface area contributed by atoms with Crippen LogP contribution in [0.4, 0.5) is 5.88 Å². The first-order chi connectivity index (χ1) is 12.2. The molecule has 0 aliphatic carbocycles. The SMILES string of the molecule is COc1ccc(CNc2oc(-c3ccccc3)nc2C#N)cc1OC. The Morgan fingerprint density at radius 2 is 1.84 bits per heavy atom. The molecule has 0 bridgehead atoms. The molecule has 25 heavy (non-hydrogen) atoms. The molecular formula is C19H17N3O3.